The zero-order valence-electron chi connectivity index (χ0n) is 17.0. The van der Waals surface area contributed by atoms with E-state index in [1.807, 2.05) is 18.3 Å². The molecule has 6 nitrogen and oxygen atoms in total. The molecular weight excluding hydrogens is 362 g/mol. The van der Waals surface area contributed by atoms with Gasteiger partial charge in [-0.2, -0.15) is 0 Å². The van der Waals surface area contributed by atoms with E-state index >= 15 is 0 Å². The molecule has 0 spiro atoms. The SMILES string of the molecule is Cc1ccccc1CN1CCN(Cc2cccn2-c2ncccn2)C[C@@H]1CCO. The summed E-state index contributed by atoms with van der Waals surface area (Å²) in [6, 6.07) is 15.0. The van der Waals surface area contributed by atoms with Gasteiger partial charge in [0.05, 0.1) is 0 Å². The predicted molar refractivity (Wildman–Crippen MR) is 114 cm³/mol. The first-order chi connectivity index (χ1) is 14.2. The summed E-state index contributed by atoms with van der Waals surface area (Å²) in [5.41, 5.74) is 3.89. The number of aliphatic hydroxyl groups is 1. The van der Waals surface area contributed by atoms with Gasteiger partial charge in [0, 0.05) is 69.7 Å². The second kappa shape index (κ2) is 9.31. The van der Waals surface area contributed by atoms with E-state index in [0.29, 0.717) is 12.0 Å². The lowest BCUT2D eigenvalue weighted by atomic mass is 10.0. The van der Waals surface area contributed by atoms with Gasteiger partial charge in [0.2, 0.25) is 5.95 Å². The number of nitrogens with zero attached hydrogens (tertiary/aromatic N) is 5. The number of hydrogen-bond donors (Lipinski definition) is 1. The van der Waals surface area contributed by atoms with E-state index < -0.39 is 0 Å². The predicted octanol–water partition coefficient (Wildman–Crippen LogP) is 2.64. The Bertz CT molecular complexity index is 910. The summed E-state index contributed by atoms with van der Waals surface area (Å²) < 4.78 is 2.06. The van der Waals surface area contributed by atoms with Crippen molar-refractivity contribution in [3.8, 4) is 5.95 Å². The number of piperazine rings is 1. The smallest absolute Gasteiger partial charge is 0.233 e. The van der Waals surface area contributed by atoms with E-state index in [0.717, 1.165) is 39.1 Å². The first-order valence-corrected chi connectivity index (χ1v) is 10.3. The Hall–Kier alpha value is -2.54. The van der Waals surface area contributed by atoms with Gasteiger partial charge in [-0.05, 0) is 42.7 Å². The van der Waals surface area contributed by atoms with Crippen LogP contribution in [-0.4, -0.2) is 61.7 Å². The van der Waals surface area contributed by atoms with Gasteiger partial charge in [-0.1, -0.05) is 24.3 Å². The van der Waals surface area contributed by atoms with Crippen molar-refractivity contribution < 1.29 is 5.11 Å². The highest BCUT2D eigenvalue weighted by Gasteiger charge is 2.27. The number of aliphatic hydroxyl groups excluding tert-OH is 1. The molecule has 6 heteroatoms. The quantitative estimate of drug-likeness (QED) is 0.671. The third-order valence-corrected chi connectivity index (χ3v) is 5.77. The molecule has 1 aliphatic heterocycles. The zero-order chi connectivity index (χ0) is 20.1. The number of aromatic nitrogens is 3. The molecule has 1 aromatic carbocycles. The maximum absolute atomic E-state index is 9.63. The lowest BCUT2D eigenvalue weighted by Crippen LogP contribution is -2.52. The summed E-state index contributed by atoms with van der Waals surface area (Å²) in [5, 5.41) is 9.63. The Morgan fingerprint density at radius 2 is 1.83 bits per heavy atom. The van der Waals surface area contributed by atoms with E-state index in [1.165, 1.54) is 16.8 Å². The van der Waals surface area contributed by atoms with Gasteiger partial charge in [0.25, 0.3) is 0 Å². The average molecular weight is 392 g/mol. The molecule has 0 aliphatic carbocycles. The summed E-state index contributed by atoms with van der Waals surface area (Å²) in [7, 11) is 0. The molecule has 1 N–H and O–H groups in total. The van der Waals surface area contributed by atoms with Crippen molar-refractivity contribution in [2.45, 2.75) is 32.5 Å². The van der Waals surface area contributed by atoms with E-state index in [4.69, 9.17) is 0 Å². The highest BCUT2D eigenvalue weighted by Crippen LogP contribution is 2.20. The maximum atomic E-state index is 9.63. The van der Waals surface area contributed by atoms with Crippen LogP contribution in [0.5, 0.6) is 0 Å². The Balaban J connectivity index is 1.44. The third kappa shape index (κ3) is 4.72. The van der Waals surface area contributed by atoms with Crippen LogP contribution >= 0.6 is 0 Å². The Labute approximate surface area is 172 Å². The minimum Gasteiger partial charge on any atom is -0.396 e. The van der Waals surface area contributed by atoms with Crippen LogP contribution in [0.15, 0.2) is 61.1 Å². The van der Waals surface area contributed by atoms with Crippen LogP contribution in [0.25, 0.3) is 5.95 Å². The molecule has 0 unspecified atom stereocenters. The van der Waals surface area contributed by atoms with Crippen molar-refractivity contribution in [3.63, 3.8) is 0 Å². The van der Waals surface area contributed by atoms with Gasteiger partial charge < -0.3 is 5.11 Å². The molecule has 4 rings (SSSR count). The van der Waals surface area contributed by atoms with E-state index in [1.54, 1.807) is 12.4 Å². The molecule has 29 heavy (non-hydrogen) atoms. The molecule has 1 saturated heterocycles. The molecule has 2 aromatic heterocycles. The Morgan fingerprint density at radius 1 is 1.00 bits per heavy atom. The Kier molecular flexibility index (Phi) is 6.34. The molecule has 0 radical (unpaired) electrons. The standard InChI is InChI=1S/C23H29N5O/c1-19-6-2-3-7-20(19)16-27-14-13-26(17-21(27)9-15-29)18-22-8-4-12-28(22)23-24-10-5-11-25-23/h2-8,10-12,21,29H,9,13-18H2,1H3/t21-/m0/s1. The van der Waals surface area contributed by atoms with Crippen molar-refractivity contribution >= 4 is 0 Å². The van der Waals surface area contributed by atoms with Crippen molar-refractivity contribution in [2.75, 3.05) is 26.2 Å². The molecule has 0 amide bonds. The van der Waals surface area contributed by atoms with E-state index in [2.05, 4.69) is 61.6 Å². The van der Waals surface area contributed by atoms with Crippen molar-refractivity contribution in [2.24, 2.45) is 0 Å². The maximum Gasteiger partial charge on any atom is 0.233 e. The second-order valence-corrected chi connectivity index (χ2v) is 7.72. The van der Waals surface area contributed by atoms with E-state index in [-0.39, 0.29) is 6.61 Å². The fraction of sp³-hybridized carbons (Fsp3) is 0.391. The van der Waals surface area contributed by atoms with Crippen LogP contribution in [0.1, 0.15) is 23.2 Å². The third-order valence-electron chi connectivity index (χ3n) is 5.77. The van der Waals surface area contributed by atoms with Crippen LogP contribution < -0.4 is 0 Å². The van der Waals surface area contributed by atoms with Crippen LogP contribution in [0, 0.1) is 6.92 Å². The Morgan fingerprint density at radius 3 is 2.62 bits per heavy atom. The summed E-state index contributed by atoms with van der Waals surface area (Å²) in [4.78, 5) is 13.8. The zero-order valence-corrected chi connectivity index (χ0v) is 17.0. The summed E-state index contributed by atoms with van der Waals surface area (Å²) in [5.74, 6) is 0.706. The largest absolute Gasteiger partial charge is 0.396 e. The van der Waals surface area contributed by atoms with Gasteiger partial charge in [-0.15, -0.1) is 0 Å². The van der Waals surface area contributed by atoms with Crippen LogP contribution in [0.2, 0.25) is 0 Å². The van der Waals surface area contributed by atoms with Crippen molar-refractivity contribution in [1.82, 2.24) is 24.3 Å². The molecule has 1 atom stereocenters. The van der Waals surface area contributed by atoms with Gasteiger partial charge in [0.15, 0.2) is 0 Å². The van der Waals surface area contributed by atoms with Crippen LogP contribution in [-0.2, 0) is 13.1 Å². The molecule has 3 aromatic rings. The van der Waals surface area contributed by atoms with Gasteiger partial charge in [-0.3, -0.25) is 14.4 Å². The number of benzene rings is 1. The fourth-order valence-corrected chi connectivity index (χ4v) is 4.12. The first-order valence-electron chi connectivity index (χ1n) is 10.3. The monoisotopic (exact) mass is 391 g/mol. The molecule has 1 aliphatic rings. The molecule has 3 heterocycles. The van der Waals surface area contributed by atoms with Crippen LogP contribution in [0.3, 0.4) is 0 Å². The normalized spacial score (nSPS) is 18.2. The fourth-order valence-electron chi connectivity index (χ4n) is 4.12. The number of aryl methyl sites for hydroxylation is 1. The van der Waals surface area contributed by atoms with Gasteiger partial charge in [0.1, 0.15) is 0 Å². The molecular formula is C23H29N5O. The first kappa shape index (κ1) is 19.8. The molecule has 1 fully saturated rings. The van der Waals surface area contributed by atoms with Gasteiger partial charge in [-0.25, -0.2) is 9.97 Å². The molecule has 0 saturated carbocycles. The topological polar surface area (TPSA) is 57.4 Å². The van der Waals surface area contributed by atoms with Gasteiger partial charge >= 0.3 is 0 Å². The highest BCUT2D eigenvalue weighted by molar-refractivity contribution is 5.25. The number of hydrogen-bond acceptors (Lipinski definition) is 5. The molecule has 0 bridgehead atoms. The average Bonchev–Trinajstić information content (AvgIpc) is 3.20. The van der Waals surface area contributed by atoms with Crippen molar-refractivity contribution in [3.05, 3.63) is 77.9 Å². The minimum atomic E-state index is 0.219. The lowest BCUT2D eigenvalue weighted by molar-refractivity contribution is 0.0490. The number of rotatable bonds is 7. The van der Waals surface area contributed by atoms with Crippen molar-refractivity contribution in [1.29, 1.82) is 0 Å². The summed E-state index contributed by atoms with van der Waals surface area (Å²) >= 11 is 0. The van der Waals surface area contributed by atoms with Crippen LogP contribution in [0.4, 0.5) is 0 Å². The van der Waals surface area contributed by atoms with E-state index in [9.17, 15) is 5.11 Å². The summed E-state index contributed by atoms with van der Waals surface area (Å²) in [6.45, 7) is 7.15. The minimum absolute atomic E-state index is 0.219. The lowest BCUT2D eigenvalue weighted by Gasteiger charge is -2.41. The second-order valence-electron chi connectivity index (χ2n) is 7.72. The molecule has 152 valence electrons. The summed E-state index contributed by atoms with van der Waals surface area (Å²) in [6.07, 6.45) is 6.36. The highest BCUT2D eigenvalue weighted by atomic mass is 16.3.